The lowest BCUT2D eigenvalue weighted by molar-refractivity contribution is -0.110. The van der Waals surface area contributed by atoms with E-state index >= 15 is 0 Å². The van der Waals surface area contributed by atoms with Crippen molar-refractivity contribution in [3.63, 3.8) is 0 Å². The molecule has 0 bridgehead atoms. The van der Waals surface area contributed by atoms with E-state index in [1.165, 1.54) is 0 Å². The van der Waals surface area contributed by atoms with Gasteiger partial charge in [0.15, 0.2) is 0 Å². The van der Waals surface area contributed by atoms with Crippen molar-refractivity contribution in [1.29, 1.82) is 0 Å². The highest BCUT2D eigenvalue weighted by Gasteiger charge is 2.25. The summed E-state index contributed by atoms with van der Waals surface area (Å²) in [5.74, 6) is 0.753. The van der Waals surface area contributed by atoms with Crippen LogP contribution in [0, 0.1) is 0 Å². The van der Waals surface area contributed by atoms with E-state index in [9.17, 15) is 4.79 Å². The van der Waals surface area contributed by atoms with Crippen molar-refractivity contribution in [2.75, 3.05) is 12.4 Å². The lowest BCUT2D eigenvalue weighted by Crippen LogP contribution is -2.03. The molecule has 1 aliphatic rings. The summed E-state index contributed by atoms with van der Waals surface area (Å²) in [4.78, 5) is 15.3. The molecule has 0 saturated heterocycles. The average Bonchev–Trinajstić information content (AvgIpc) is 3.16. The number of nitrogens with one attached hydrogen (secondary N) is 2. The highest BCUT2D eigenvalue weighted by atomic mass is 32.1. The number of rotatable bonds is 2. The third kappa shape index (κ3) is 1.86. The summed E-state index contributed by atoms with van der Waals surface area (Å²) in [6, 6.07) is 7.83. The molecule has 2 N–H and O–H groups in total. The Kier molecular flexibility index (Phi) is 2.62. The number of methoxy groups -OCH3 is 1. The topological polar surface area (TPSA) is 54.1 Å². The Morgan fingerprint density at radius 2 is 2.19 bits per heavy atom. The van der Waals surface area contributed by atoms with Crippen LogP contribution in [0.25, 0.3) is 22.6 Å². The smallest absolute Gasteiger partial charge is 0.257 e. The van der Waals surface area contributed by atoms with Crippen LogP contribution < -0.4 is 10.1 Å². The van der Waals surface area contributed by atoms with Crippen LogP contribution in [0.4, 0.5) is 5.00 Å². The zero-order valence-corrected chi connectivity index (χ0v) is 12.1. The summed E-state index contributed by atoms with van der Waals surface area (Å²) >= 11 is 1.54. The van der Waals surface area contributed by atoms with Gasteiger partial charge in [0.05, 0.1) is 12.7 Å². The number of carbonyl (C=O) groups excluding carboxylic acids is 1. The maximum absolute atomic E-state index is 12.1. The molecule has 104 valence electrons. The third-order valence-corrected chi connectivity index (χ3v) is 4.48. The molecule has 1 aromatic carbocycles. The summed E-state index contributed by atoms with van der Waals surface area (Å²) in [5.41, 5.74) is 3.68. The maximum Gasteiger partial charge on any atom is 0.257 e. The number of carbonyl (C=O) groups is 1. The normalized spacial score (nSPS) is 15.5. The fourth-order valence-electron chi connectivity index (χ4n) is 2.58. The standard InChI is InChI=1S/C16H12N2O2S/c1-20-10-2-3-14-12(7-10)9(8-17-14)6-13-11-4-5-21-16(11)18-15(13)19/h2-8,17H,1H3,(H,18,19). The van der Waals surface area contributed by atoms with Gasteiger partial charge < -0.3 is 15.0 Å². The molecule has 0 unspecified atom stereocenters. The van der Waals surface area contributed by atoms with E-state index < -0.39 is 0 Å². The maximum atomic E-state index is 12.1. The molecule has 2 aromatic heterocycles. The third-order valence-electron chi connectivity index (χ3n) is 3.65. The summed E-state index contributed by atoms with van der Waals surface area (Å²) in [7, 11) is 1.65. The Bertz CT molecular complexity index is 889. The molecule has 4 rings (SSSR count). The monoisotopic (exact) mass is 296 g/mol. The number of amides is 1. The molecular weight excluding hydrogens is 284 g/mol. The van der Waals surface area contributed by atoms with Gasteiger partial charge in [-0.1, -0.05) is 0 Å². The Hall–Kier alpha value is -2.53. The van der Waals surface area contributed by atoms with Crippen LogP contribution in [0.15, 0.2) is 35.8 Å². The van der Waals surface area contributed by atoms with Gasteiger partial charge in [-0.3, -0.25) is 4.79 Å². The molecule has 3 aromatic rings. The lowest BCUT2D eigenvalue weighted by Gasteiger charge is -2.00. The number of hydrogen-bond donors (Lipinski definition) is 2. The first-order valence-corrected chi connectivity index (χ1v) is 7.40. The predicted molar refractivity (Wildman–Crippen MR) is 85.7 cm³/mol. The number of anilines is 1. The van der Waals surface area contributed by atoms with Gasteiger partial charge in [-0.25, -0.2) is 0 Å². The van der Waals surface area contributed by atoms with Crippen molar-refractivity contribution in [1.82, 2.24) is 4.98 Å². The lowest BCUT2D eigenvalue weighted by atomic mass is 10.1. The zero-order valence-electron chi connectivity index (χ0n) is 11.3. The van der Waals surface area contributed by atoms with E-state index in [2.05, 4.69) is 10.3 Å². The molecule has 0 fully saturated rings. The number of aromatic amines is 1. The molecule has 0 atom stereocenters. The first-order valence-electron chi connectivity index (χ1n) is 6.52. The average molecular weight is 296 g/mol. The van der Waals surface area contributed by atoms with Gasteiger partial charge in [0.25, 0.3) is 5.91 Å². The SMILES string of the molecule is COc1ccc2[nH]cc(C=C3C(=O)Nc4sccc43)c2c1. The Morgan fingerprint density at radius 3 is 3.05 bits per heavy atom. The van der Waals surface area contributed by atoms with Crippen LogP contribution in [-0.4, -0.2) is 18.0 Å². The number of ether oxygens (including phenoxy) is 1. The predicted octanol–water partition coefficient (Wildman–Crippen LogP) is 3.73. The van der Waals surface area contributed by atoms with Crippen molar-refractivity contribution < 1.29 is 9.53 Å². The van der Waals surface area contributed by atoms with E-state index in [0.717, 1.165) is 32.8 Å². The molecular formula is C16H12N2O2S. The summed E-state index contributed by atoms with van der Waals surface area (Å²) < 4.78 is 5.27. The number of thiophene rings is 1. The quantitative estimate of drug-likeness (QED) is 0.708. The zero-order chi connectivity index (χ0) is 14.4. The number of fused-ring (bicyclic) bond motifs is 2. The number of H-pyrrole nitrogens is 1. The minimum absolute atomic E-state index is 0.0471. The molecule has 1 amide bonds. The van der Waals surface area contributed by atoms with E-state index in [1.54, 1.807) is 18.4 Å². The van der Waals surface area contributed by atoms with Crippen LogP contribution >= 0.6 is 11.3 Å². The first-order chi connectivity index (χ1) is 10.3. The highest BCUT2D eigenvalue weighted by molar-refractivity contribution is 7.15. The van der Waals surface area contributed by atoms with E-state index in [0.29, 0.717) is 5.57 Å². The number of aromatic nitrogens is 1. The second kappa shape index (κ2) is 4.49. The van der Waals surface area contributed by atoms with Crippen LogP contribution in [0.3, 0.4) is 0 Å². The number of benzene rings is 1. The Labute approximate surface area is 125 Å². The highest BCUT2D eigenvalue weighted by Crippen LogP contribution is 2.38. The Morgan fingerprint density at radius 1 is 1.29 bits per heavy atom. The molecule has 1 aliphatic heterocycles. The summed E-state index contributed by atoms with van der Waals surface area (Å²) in [5, 5.41) is 6.83. The van der Waals surface area contributed by atoms with Crippen LogP contribution in [0.5, 0.6) is 5.75 Å². The first kappa shape index (κ1) is 12.2. The summed E-state index contributed by atoms with van der Waals surface area (Å²) in [6.45, 7) is 0. The molecule has 21 heavy (non-hydrogen) atoms. The van der Waals surface area contributed by atoms with Crippen LogP contribution in [0.2, 0.25) is 0 Å². The van der Waals surface area contributed by atoms with Gasteiger partial charge in [0, 0.05) is 28.2 Å². The van der Waals surface area contributed by atoms with Crippen molar-refractivity contribution >= 4 is 44.8 Å². The molecule has 4 nitrogen and oxygen atoms in total. The van der Waals surface area contributed by atoms with Gasteiger partial charge in [-0.2, -0.15) is 0 Å². The fourth-order valence-corrected chi connectivity index (χ4v) is 3.37. The largest absolute Gasteiger partial charge is 0.497 e. The molecule has 5 heteroatoms. The van der Waals surface area contributed by atoms with Gasteiger partial charge >= 0.3 is 0 Å². The molecule has 0 radical (unpaired) electrons. The number of hydrogen-bond acceptors (Lipinski definition) is 3. The van der Waals surface area contributed by atoms with Crippen molar-refractivity contribution in [2.45, 2.75) is 0 Å². The second-order valence-corrected chi connectivity index (χ2v) is 5.75. The van der Waals surface area contributed by atoms with Gasteiger partial charge in [-0.15, -0.1) is 11.3 Å². The molecule has 3 heterocycles. The minimum Gasteiger partial charge on any atom is -0.497 e. The summed E-state index contributed by atoms with van der Waals surface area (Å²) in [6.07, 6.45) is 3.83. The second-order valence-electron chi connectivity index (χ2n) is 4.83. The van der Waals surface area contributed by atoms with Crippen molar-refractivity contribution in [3.05, 3.63) is 47.0 Å². The van der Waals surface area contributed by atoms with Gasteiger partial charge in [0.1, 0.15) is 10.8 Å². The van der Waals surface area contributed by atoms with Crippen molar-refractivity contribution in [3.8, 4) is 5.75 Å². The Balaban J connectivity index is 1.88. The molecule has 0 spiro atoms. The van der Waals surface area contributed by atoms with Crippen LogP contribution in [-0.2, 0) is 4.79 Å². The molecule has 0 aliphatic carbocycles. The molecule has 0 saturated carbocycles. The van der Waals surface area contributed by atoms with E-state index in [-0.39, 0.29) is 5.91 Å². The van der Waals surface area contributed by atoms with Crippen LogP contribution in [0.1, 0.15) is 11.1 Å². The van der Waals surface area contributed by atoms with E-state index in [1.807, 2.05) is 41.9 Å². The minimum atomic E-state index is -0.0471. The van der Waals surface area contributed by atoms with Gasteiger partial charge in [0.2, 0.25) is 0 Å². The fraction of sp³-hybridized carbons (Fsp3) is 0.0625. The van der Waals surface area contributed by atoms with Crippen molar-refractivity contribution in [2.24, 2.45) is 0 Å². The van der Waals surface area contributed by atoms with Gasteiger partial charge in [-0.05, 0) is 35.7 Å². The van der Waals surface area contributed by atoms with E-state index in [4.69, 9.17) is 4.74 Å².